The topological polar surface area (TPSA) is 47.6 Å². The Kier molecular flexibility index (Phi) is 5.41. The van der Waals surface area contributed by atoms with Gasteiger partial charge < -0.3 is 14.8 Å². The van der Waals surface area contributed by atoms with Crippen LogP contribution in [0.15, 0.2) is 0 Å². The van der Waals surface area contributed by atoms with Crippen molar-refractivity contribution in [3.63, 3.8) is 0 Å². The van der Waals surface area contributed by atoms with Crippen LogP contribution in [-0.4, -0.2) is 37.4 Å². The van der Waals surface area contributed by atoms with Crippen molar-refractivity contribution in [3.8, 4) is 0 Å². The van der Waals surface area contributed by atoms with Crippen molar-refractivity contribution in [1.29, 1.82) is 0 Å². The third-order valence-electron chi connectivity index (χ3n) is 1.61. The van der Waals surface area contributed by atoms with E-state index in [2.05, 4.69) is 5.32 Å². The molecule has 0 saturated carbocycles. The number of halogens is 1. The standard InChI is InChI=1S/C9H17NO3.ClH/c1-9(2,3)13-8(11)7-6-12-5-4-10-7;/h7,10H,4-6H2,1-3H3;1H. The van der Waals surface area contributed by atoms with E-state index in [1.165, 1.54) is 0 Å². The Morgan fingerprint density at radius 3 is 2.57 bits per heavy atom. The van der Waals surface area contributed by atoms with E-state index in [1.54, 1.807) is 0 Å². The van der Waals surface area contributed by atoms with Crippen LogP contribution < -0.4 is 5.32 Å². The molecule has 4 nitrogen and oxygen atoms in total. The predicted octanol–water partition coefficient (Wildman–Crippen LogP) is 0.738. The summed E-state index contributed by atoms with van der Waals surface area (Å²) in [6.45, 7) is 7.36. The van der Waals surface area contributed by atoms with E-state index < -0.39 is 5.60 Å². The van der Waals surface area contributed by atoms with Crippen LogP contribution in [0.1, 0.15) is 20.8 Å². The normalized spacial score (nSPS) is 22.4. The maximum atomic E-state index is 11.4. The van der Waals surface area contributed by atoms with Crippen LogP contribution in [0.25, 0.3) is 0 Å². The smallest absolute Gasteiger partial charge is 0.326 e. The maximum Gasteiger partial charge on any atom is 0.326 e. The first-order chi connectivity index (χ1) is 5.99. The first kappa shape index (κ1) is 13.7. The lowest BCUT2D eigenvalue weighted by Gasteiger charge is -2.26. The van der Waals surface area contributed by atoms with Crippen molar-refractivity contribution in [3.05, 3.63) is 0 Å². The first-order valence-corrected chi connectivity index (χ1v) is 4.53. The summed E-state index contributed by atoms with van der Waals surface area (Å²) in [5.41, 5.74) is -0.420. The third kappa shape index (κ3) is 4.79. The zero-order valence-electron chi connectivity index (χ0n) is 8.83. The van der Waals surface area contributed by atoms with Crippen molar-refractivity contribution in [2.75, 3.05) is 19.8 Å². The molecule has 0 radical (unpaired) electrons. The zero-order chi connectivity index (χ0) is 9.90. The van der Waals surface area contributed by atoms with E-state index in [9.17, 15) is 4.79 Å². The summed E-state index contributed by atoms with van der Waals surface area (Å²) >= 11 is 0. The summed E-state index contributed by atoms with van der Waals surface area (Å²) < 4.78 is 10.4. The number of hydrogen-bond donors (Lipinski definition) is 1. The number of carbonyl (C=O) groups is 1. The van der Waals surface area contributed by atoms with Gasteiger partial charge in [0.05, 0.1) is 13.2 Å². The van der Waals surface area contributed by atoms with Gasteiger partial charge >= 0.3 is 5.97 Å². The summed E-state index contributed by atoms with van der Waals surface area (Å²) in [6, 6.07) is -0.298. The van der Waals surface area contributed by atoms with E-state index in [4.69, 9.17) is 9.47 Å². The molecule has 0 aromatic heterocycles. The SMILES string of the molecule is CC(C)(C)OC(=O)C1COCCN1.Cl. The molecule has 0 aromatic carbocycles. The summed E-state index contributed by atoms with van der Waals surface area (Å²) in [7, 11) is 0. The van der Waals surface area contributed by atoms with Crippen molar-refractivity contribution in [2.24, 2.45) is 0 Å². The molecule has 1 saturated heterocycles. The number of rotatable bonds is 1. The average molecular weight is 224 g/mol. The molecule has 1 heterocycles. The van der Waals surface area contributed by atoms with E-state index >= 15 is 0 Å². The van der Waals surface area contributed by atoms with Gasteiger partial charge in [0, 0.05) is 6.54 Å². The first-order valence-electron chi connectivity index (χ1n) is 4.53. The molecular weight excluding hydrogens is 206 g/mol. The number of morpholine rings is 1. The van der Waals surface area contributed by atoms with Gasteiger partial charge in [0.25, 0.3) is 0 Å². The van der Waals surface area contributed by atoms with Gasteiger partial charge in [-0.15, -0.1) is 12.4 Å². The highest BCUT2D eigenvalue weighted by molar-refractivity contribution is 5.85. The van der Waals surface area contributed by atoms with Crippen LogP contribution >= 0.6 is 12.4 Å². The Hall–Kier alpha value is -0.320. The minimum Gasteiger partial charge on any atom is -0.459 e. The average Bonchev–Trinajstić information content (AvgIpc) is 2.03. The van der Waals surface area contributed by atoms with Gasteiger partial charge in [-0.3, -0.25) is 4.79 Å². The molecule has 14 heavy (non-hydrogen) atoms. The summed E-state index contributed by atoms with van der Waals surface area (Å²) in [5, 5.41) is 3.04. The lowest BCUT2D eigenvalue weighted by Crippen LogP contribution is -2.48. The van der Waals surface area contributed by atoms with E-state index in [0.29, 0.717) is 19.8 Å². The molecule has 1 atom stereocenters. The maximum absolute atomic E-state index is 11.4. The Morgan fingerprint density at radius 2 is 2.14 bits per heavy atom. The highest BCUT2D eigenvalue weighted by atomic mass is 35.5. The van der Waals surface area contributed by atoms with Crippen LogP contribution in [0.5, 0.6) is 0 Å². The van der Waals surface area contributed by atoms with Gasteiger partial charge in [-0.25, -0.2) is 0 Å². The Labute approximate surface area is 90.7 Å². The Morgan fingerprint density at radius 1 is 1.50 bits per heavy atom. The second kappa shape index (κ2) is 5.53. The number of carbonyl (C=O) groups excluding carboxylic acids is 1. The van der Waals surface area contributed by atoms with E-state index in [-0.39, 0.29) is 24.4 Å². The van der Waals surface area contributed by atoms with Gasteiger partial charge in [0.1, 0.15) is 11.6 Å². The third-order valence-corrected chi connectivity index (χ3v) is 1.61. The molecule has 1 aliphatic heterocycles. The molecule has 1 rings (SSSR count). The zero-order valence-corrected chi connectivity index (χ0v) is 9.65. The van der Waals surface area contributed by atoms with Crippen LogP contribution in [-0.2, 0) is 14.3 Å². The lowest BCUT2D eigenvalue weighted by molar-refractivity contribution is -0.160. The number of esters is 1. The fourth-order valence-electron chi connectivity index (χ4n) is 1.09. The van der Waals surface area contributed by atoms with Gasteiger partial charge in [-0.1, -0.05) is 0 Å². The molecule has 0 aromatic rings. The largest absolute Gasteiger partial charge is 0.459 e. The summed E-state index contributed by atoms with van der Waals surface area (Å²) in [5.74, 6) is -0.229. The molecule has 0 amide bonds. The molecule has 1 fully saturated rings. The minimum absolute atomic E-state index is 0. The minimum atomic E-state index is -0.420. The fourth-order valence-corrected chi connectivity index (χ4v) is 1.09. The molecule has 1 aliphatic rings. The quantitative estimate of drug-likeness (QED) is 0.667. The Balaban J connectivity index is 0.00000169. The number of hydrogen-bond acceptors (Lipinski definition) is 4. The Bertz CT molecular complexity index is 185. The molecule has 0 aliphatic carbocycles. The van der Waals surface area contributed by atoms with Crippen molar-refractivity contribution < 1.29 is 14.3 Å². The van der Waals surface area contributed by atoms with Gasteiger partial charge in [-0.05, 0) is 20.8 Å². The second-order valence-electron chi connectivity index (χ2n) is 4.12. The summed E-state index contributed by atoms with van der Waals surface area (Å²) in [6.07, 6.45) is 0. The highest BCUT2D eigenvalue weighted by Crippen LogP contribution is 2.09. The van der Waals surface area contributed by atoms with Gasteiger partial charge in [0.2, 0.25) is 0 Å². The van der Waals surface area contributed by atoms with Gasteiger partial charge in [-0.2, -0.15) is 0 Å². The predicted molar refractivity (Wildman–Crippen MR) is 55.7 cm³/mol. The van der Waals surface area contributed by atoms with E-state index in [0.717, 1.165) is 0 Å². The monoisotopic (exact) mass is 223 g/mol. The molecule has 0 spiro atoms. The highest BCUT2D eigenvalue weighted by Gasteiger charge is 2.26. The van der Waals surface area contributed by atoms with E-state index in [1.807, 2.05) is 20.8 Å². The summed E-state index contributed by atoms with van der Waals surface area (Å²) in [4.78, 5) is 11.4. The molecule has 5 heteroatoms. The lowest BCUT2D eigenvalue weighted by atomic mass is 10.2. The molecular formula is C9H18ClNO3. The molecule has 1 N–H and O–H groups in total. The number of nitrogens with one attached hydrogen (secondary N) is 1. The van der Waals surface area contributed by atoms with Crippen LogP contribution in [0, 0.1) is 0 Å². The fraction of sp³-hybridized carbons (Fsp3) is 0.889. The van der Waals surface area contributed by atoms with Crippen LogP contribution in [0.2, 0.25) is 0 Å². The van der Waals surface area contributed by atoms with Crippen LogP contribution in [0.4, 0.5) is 0 Å². The number of ether oxygens (including phenoxy) is 2. The van der Waals surface area contributed by atoms with Crippen molar-refractivity contribution >= 4 is 18.4 Å². The molecule has 84 valence electrons. The van der Waals surface area contributed by atoms with Crippen molar-refractivity contribution in [2.45, 2.75) is 32.4 Å². The van der Waals surface area contributed by atoms with Crippen molar-refractivity contribution in [1.82, 2.24) is 5.32 Å². The second-order valence-corrected chi connectivity index (χ2v) is 4.12. The molecule has 1 unspecified atom stereocenters. The molecule has 0 bridgehead atoms. The van der Waals surface area contributed by atoms with Gasteiger partial charge in [0.15, 0.2) is 0 Å². The van der Waals surface area contributed by atoms with Crippen LogP contribution in [0.3, 0.4) is 0 Å².